The number of carbonyl (C=O) groups is 1. The molecular formula is C20H42N2O2. The van der Waals surface area contributed by atoms with Crippen LogP contribution in [0.1, 0.15) is 96.8 Å². The van der Waals surface area contributed by atoms with Crippen LogP contribution in [0.15, 0.2) is 0 Å². The van der Waals surface area contributed by atoms with Crippen LogP contribution in [0.5, 0.6) is 0 Å². The Balaban J connectivity index is 3.18. The van der Waals surface area contributed by atoms with Crippen LogP contribution >= 0.6 is 0 Å². The van der Waals surface area contributed by atoms with Crippen molar-refractivity contribution >= 4 is 5.91 Å². The molecule has 1 N–H and O–H groups in total. The summed E-state index contributed by atoms with van der Waals surface area (Å²) >= 11 is 0. The van der Waals surface area contributed by atoms with Crippen molar-refractivity contribution in [3.05, 3.63) is 5.21 Å². The minimum Gasteiger partial charge on any atom is -0.633 e. The normalized spacial score (nSPS) is 11.7. The largest absolute Gasteiger partial charge is 0.633 e. The highest BCUT2D eigenvalue weighted by Crippen LogP contribution is 2.12. The van der Waals surface area contributed by atoms with Gasteiger partial charge in [-0.3, -0.25) is 4.79 Å². The molecule has 0 aromatic carbocycles. The van der Waals surface area contributed by atoms with Crippen molar-refractivity contribution in [3.8, 4) is 0 Å². The SMILES string of the molecule is CCCCCCCCCCCCCCCC(=O)NCC[N+](C)(C)[O-]. The number of amides is 1. The molecule has 144 valence electrons. The number of likely N-dealkylation sites (N-methyl/N-ethyl adjacent to an activating group) is 1. The van der Waals surface area contributed by atoms with Crippen LogP contribution in [0.3, 0.4) is 0 Å². The predicted molar refractivity (Wildman–Crippen MR) is 104 cm³/mol. The van der Waals surface area contributed by atoms with Gasteiger partial charge in [0.2, 0.25) is 5.91 Å². The summed E-state index contributed by atoms with van der Waals surface area (Å²) in [7, 11) is 3.19. The fourth-order valence-corrected chi connectivity index (χ4v) is 2.86. The minimum absolute atomic E-state index is 0.0894. The van der Waals surface area contributed by atoms with E-state index in [0.717, 1.165) is 12.8 Å². The number of rotatable bonds is 17. The van der Waals surface area contributed by atoms with E-state index in [1.54, 1.807) is 14.1 Å². The van der Waals surface area contributed by atoms with Crippen LogP contribution in [0.2, 0.25) is 0 Å². The Morgan fingerprint density at radius 1 is 0.792 bits per heavy atom. The van der Waals surface area contributed by atoms with E-state index in [2.05, 4.69) is 12.2 Å². The Hall–Kier alpha value is -0.610. The van der Waals surface area contributed by atoms with Crippen molar-refractivity contribution in [2.45, 2.75) is 96.8 Å². The number of hydrogen-bond donors (Lipinski definition) is 1. The zero-order chi connectivity index (χ0) is 18.1. The van der Waals surface area contributed by atoms with E-state index in [1.807, 2.05) is 0 Å². The van der Waals surface area contributed by atoms with Gasteiger partial charge in [-0.2, -0.15) is 0 Å². The highest BCUT2D eigenvalue weighted by atomic mass is 16.5. The molecular weight excluding hydrogens is 300 g/mol. The third kappa shape index (κ3) is 19.4. The summed E-state index contributed by atoms with van der Waals surface area (Å²) in [5.74, 6) is 0.0894. The number of nitrogens with one attached hydrogen (secondary N) is 1. The lowest BCUT2D eigenvalue weighted by Gasteiger charge is -2.33. The van der Waals surface area contributed by atoms with Crippen molar-refractivity contribution in [1.29, 1.82) is 0 Å². The summed E-state index contributed by atoms with van der Waals surface area (Å²) in [6.07, 6.45) is 17.8. The first-order chi connectivity index (χ1) is 11.5. The van der Waals surface area contributed by atoms with Gasteiger partial charge in [-0.15, -0.1) is 0 Å². The van der Waals surface area contributed by atoms with E-state index < -0.39 is 0 Å². The van der Waals surface area contributed by atoms with E-state index in [4.69, 9.17) is 0 Å². The lowest BCUT2D eigenvalue weighted by Crippen LogP contribution is -2.40. The smallest absolute Gasteiger partial charge is 0.220 e. The molecule has 0 bridgehead atoms. The molecule has 0 fully saturated rings. The minimum atomic E-state index is -0.348. The van der Waals surface area contributed by atoms with E-state index in [1.165, 1.54) is 70.6 Å². The fraction of sp³-hybridized carbons (Fsp3) is 0.950. The molecule has 0 aliphatic heterocycles. The molecule has 0 aliphatic carbocycles. The summed E-state index contributed by atoms with van der Waals surface area (Å²) in [6, 6.07) is 0. The van der Waals surface area contributed by atoms with Gasteiger partial charge in [0, 0.05) is 6.42 Å². The molecule has 0 saturated carbocycles. The molecule has 0 unspecified atom stereocenters. The fourth-order valence-electron chi connectivity index (χ4n) is 2.86. The molecule has 0 atom stereocenters. The van der Waals surface area contributed by atoms with Crippen molar-refractivity contribution in [1.82, 2.24) is 5.32 Å². The Labute approximate surface area is 150 Å². The lowest BCUT2D eigenvalue weighted by atomic mass is 10.0. The Kier molecular flexibility index (Phi) is 15.5. The summed E-state index contributed by atoms with van der Waals surface area (Å²) < 4.78 is -0.348. The number of hydroxylamine groups is 3. The first-order valence-electron chi connectivity index (χ1n) is 10.3. The first kappa shape index (κ1) is 23.4. The van der Waals surface area contributed by atoms with Gasteiger partial charge in [0.05, 0.1) is 27.2 Å². The third-order valence-corrected chi connectivity index (χ3v) is 4.48. The topological polar surface area (TPSA) is 52.2 Å². The van der Waals surface area contributed by atoms with Gasteiger partial charge in [0.25, 0.3) is 0 Å². The van der Waals surface area contributed by atoms with Gasteiger partial charge < -0.3 is 15.2 Å². The summed E-state index contributed by atoms with van der Waals surface area (Å²) in [4.78, 5) is 11.6. The van der Waals surface area contributed by atoms with Crippen LogP contribution in [0, 0.1) is 5.21 Å². The van der Waals surface area contributed by atoms with Crippen LogP contribution in [0.25, 0.3) is 0 Å². The third-order valence-electron chi connectivity index (χ3n) is 4.48. The molecule has 4 nitrogen and oxygen atoms in total. The molecule has 0 spiro atoms. The quantitative estimate of drug-likeness (QED) is 0.225. The maximum Gasteiger partial charge on any atom is 0.220 e. The van der Waals surface area contributed by atoms with Gasteiger partial charge in [-0.25, -0.2) is 0 Å². The number of hydrogen-bond acceptors (Lipinski definition) is 2. The molecule has 0 aromatic heterocycles. The summed E-state index contributed by atoms with van der Waals surface area (Å²) in [6.45, 7) is 3.18. The van der Waals surface area contributed by atoms with Crippen molar-refractivity contribution in [2.75, 3.05) is 27.2 Å². The molecule has 24 heavy (non-hydrogen) atoms. The molecule has 4 heteroatoms. The summed E-state index contributed by atoms with van der Waals surface area (Å²) in [5, 5.41) is 14.2. The monoisotopic (exact) mass is 342 g/mol. The predicted octanol–water partition coefficient (Wildman–Crippen LogP) is 5.16. The summed E-state index contributed by atoms with van der Waals surface area (Å²) in [5.41, 5.74) is 0. The van der Waals surface area contributed by atoms with Gasteiger partial charge >= 0.3 is 0 Å². The number of nitrogens with zero attached hydrogens (tertiary/aromatic N) is 1. The molecule has 0 aromatic rings. The van der Waals surface area contributed by atoms with Crippen molar-refractivity contribution in [3.63, 3.8) is 0 Å². The van der Waals surface area contributed by atoms with Gasteiger partial charge in [0.1, 0.15) is 0 Å². The highest BCUT2D eigenvalue weighted by Gasteiger charge is 2.04. The van der Waals surface area contributed by atoms with E-state index in [9.17, 15) is 10.0 Å². The van der Waals surface area contributed by atoms with Crippen LogP contribution in [-0.2, 0) is 4.79 Å². The Morgan fingerprint density at radius 2 is 1.21 bits per heavy atom. The van der Waals surface area contributed by atoms with E-state index in [-0.39, 0.29) is 10.6 Å². The zero-order valence-electron chi connectivity index (χ0n) is 16.6. The maximum atomic E-state index is 11.6. The van der Waals surface area contributed by atoms with Crippen molar-refractivity contribution in [2.24, 2.45) is 0 Å². The molecule has 0 aliphatic rings. The number of quaternary nitrogens is 1. The van der Waals surface area contributed by atoms with Crippen LogP contribution in [0.4, 0.5) is 0 Å². The second kappa shape index (κ2) is 15.9. The van der Waals surface area contributed by atoms with Gasteiger partial charge in [0.15, 0.2) is 0 Å². The van der Waals surface area contributed by atoms with Gasteiger partial charge in [-0.1, -0.05) is 84.0 Å². The number of carbonyl (C=O) groups excluding carboxylic acids is 1. The number of unbranched alkanes of at least 4 members (excludes halogenated alkanes) is 12. The first-order valence-corrected chi connectivity index (χ1v) is 10.3. The second-order valence-corrected chi connectivity index (χ2v) is 7.64. The van der Waals surface area contributed by atoms with Crippen LogP contribution < -0.4 is 5.32 Å². The second-order valence-electron chi connectivity index (χ2n) is 7.64. The Morgan fingerprint density at radius 3 is 1.62 bits per heavy atom. The van der Waals surface area contributed by atoms with E-state index in [0.29, 0.717) is 19.5 Å². The maximum absolute atomic E-state index is 11.6. The molecule has 0 heterocycles. The van der Waals surface area contributed by atoms with Crippen LogP contribution in [-0.4, -0.2) is 37.7 Å². The van der Waals surface area contributed by atoms with Crippen molar-refractivity contribution < 1.29 is 9.44 Å². The van der Waals surface area contributed by atoms with Gasteiger partial charge in [-0.05, 0) is 6.42 Å². The average Bonchev–Trinajstić information content (AvgIpc) is 2.50. The highest BCUT2D eigenvalue weighted by molar-refractivity contribution is 5.75. The molecule has 0 rings (SSSR count). The average molecular weight is 343 g/mol. The van der Waals surface area contributed by atoms with E-state index >= 15 is 0 Å². The standard InChI is InChI=1S/C20H42N2O2/c1-4-5-6-7-8-9-10-11-12-13-14-15-16-17-20(23)21-18-19-22(2,3)24/h4-19H2,1-3H3,(H,21,23). The zero-order valence-corrected chi connectivity index (χ0v) is 16.6. The lowest BCUT2D eigenvalue weighted by molar-refractivity contribution is -0.838. The Bertz CT molecular complexity index is 288. The molecule has 0 saturated heterocycles. The molecule has 0 radical (unpaired) electrons. The molecule has 1 amide bonds.